The van der Waals surface area contributed by atoms with E-state index in [-0.39, 0.29) is 10.6 Å². The van der Waals surface area contributed by atoms with Gasteiger partial charge in [0.05, 0.1) is 10.5 Å². The van der Waals surface area contributed by atoms with Crippen LogP contribution in [0.2, 0.25) is 0 Å². The fourth-order valence-corrected chi connectivity index (χ4v) is 2.73. The van der Waals surface area contributed by atoms with Crippen molar-refractivity contribution < 1.29 is 4.92 Å². The molecule has 0 atom stereocenters. The van der Waals surface area contributed by atoms with Crippen LogP contribution >= 0.6 is 11.8 Å². The monoisotopic (exact) mass is 254 g/mol. The lowest BCUT2D eigenvalue weighted by Crippen LogP contribution is -1.99. The standard InChI is InChI=1S/C12H18N2O2S/c1-8(2)5-6-17-12-10(4)11(14(15)16)7-9(3)13-12/h7-8H,5-6H2,1-4H3. The molecule has 0 aromatic carbocycles. The van der Waals surface area contributed by atoms with Crippen molar-refractivity contribution >= 4 is 17.4 Å². The topological polar surface area (TPSA) is 56.0 Å². The molecule has 0 unspecified atom stereocenters. The molecule has 0 fully saturated rings. The molecule has 0 saturated carbocycles. The summed E-state index contributed by atoms with van der Waals surface area (Å²) in [6, 6.07) is 1.53. The van der Waals surface area contributed by atoms with Crippen molar-refractivity contribution in [1.29, 1.82) is 0 Å². The van der Waals surface area contributed by atoms with Gasteiger partial charge in [-0.2, -0.15) is 0 Å². The Kier molecular flexibility index (Phi) is 4.93. The van der Waals surface area contributed by atoms with Crippen LogP contribution in [0.15, 0.2) is 11.1 Å². The molecule has 0 saturated heterocycles. The highest BCUT2D eigenvalue weighted by Crippen LogP contribution is 2.29. The van der Waals surface area contributed by atoms with E-state index in [0.29, 0.717) is 17.2 Å². The Bertz CT molecular complexity index is 419. The van der Waals surface area contributed by atoms with Crippen LogP contribution in [0.5, 0.6) is 0 Å². The van der Waals surface area contributed by atoms with Crippen LogP contribution < -0.4 is 0 Å². The Morgan fingerprint density at radius 2 is 2.12 bits per heavy atom. The highest BCUT2D eigenvalue weighted by molar-refractivity contribution is 7.99. The summed E-state index contributed by atoms with van der Waals surface area (Å²) >= 11 is 1.61. The van der Waals surface area contributed by atoms with Crippen LogP contribution in [0.25, 0.3) is 0 Å². The minimum Gasteiger partial charge on any atom is -0.258 e. The van der Waals surface area contributed by atoms with Gasteiger partial charge >= 0.3 is 0 Å². The lowest BCUT2D eigenvalue weighted by Gasteiger charge is -2.07. The van der Waals surface area contributed by atoms with Gasteiger partial charge in [0, 0.05) is 11.8 Å². The maximum Gasteiger partial charge on any atom is 0.276 e. The molecule has 4 nitrogen and oxygen atoms in total. The minimum absolute atomic E-state index is 0.171. The Labute approximate surface area is 106 Å². The van der Waals surface area contributed by atoms with Gasteiger partial charge in [-0.1, -0.05) is 13.8 Å². The molecule has 0 spiro atoms. The second-order valence-electron chi connectivity index (χ2n) is 4.50. The minimum atomic E-state index is -0.337. The number of nitrogens with zero attached hydrogens (tertiary/aromatic N) is 2. The quantitative estimate of drug-likeness (QED) is 0.456. The molecular formula is C12H18N2O2S. The van der Waals surface area contributed by atoms with Gasteiger partial charge in [-0.05, 0) is 31.9 Å². The SMILES string of the molecule is Cc1cc([N+](=O)[O-])c(C)c(SCCC(C)C)n1. The van der Waals surface area contributed by atoms with Gasteiger partial charge in [-0.15, -0.1) is 11.8 Å². The molecule has 0 aliphatic carbocycles. The van der Waals surface area contributed by atoms with Gasteiger partial charge in [0.2, 0.25) is 0 Å². The summed E-state index contributed by atoms with van der Waals surface area (Å²) in [4.78, 5) is 14.9. The van der Waals surface area contributed by atoms with Crippen LogP contribution in [0.1, 0.15) is 31.5 Å². The fraction of sp³-hybridized carbons (Fsp3) is 0.583. The highest BCUT2D eigenvalue weighted by atomic mass is 32.2. The molecule has 0 bridgehead atoms. The van der Waals surface area contributed by atoms with Crippen molar-refractivity contribution in [3.05, 3.63) is 27.4 Å². The Morgan fingerprint density at radius 1 is 1.47 bits per heavy atom. The number of hydrogen-bond donors (Lipinski definition) is 0. The molecule has 1 heterocycles. The van der Waals surface area contributed by atoms with E-state index in [4.69, 9.17) is 0 Å². The van der Waals surface area contributed by atoms with Crippen molar-refractivity contribution in [2.45, 2.75) is 39.1 Å². The number of pyridine rings is 1. The summed E-state index contributed by atoms with van der Waals surface area (Å²) in [5, 5.41) is 11.7. The predicted molar refractivity (Wildman–Crippen MR) is 70.5 cm³/mol. The van der Waals surface area contributed by atoms with Gasteiger partial charge in [0.1, 0.15) is 5.03 Å². The van der Waals surface area contributed by atoms with Crippen molar-refractivity contribution in [3.8, 4) is 0 Å². The van der Waals surface area contributed by atoms with Gasteiger partial charge in [0.25, 0.3) is 5.69 Å². The maximum absolute atomic E-state index is 10.9. The number of nitro groups is 1. The van der Waals surface area contributed by atoms with Crippen LogP contribution in [-0.4, -0.2) is 15.7 Å². The van der Waals surface area contributed by atoms with E-state index >= 15 is 0 Å². The summed E-state index contributed by atoms with van der Waals surface area (Å²) in [5.41, 5.74) is 1.55. The summed E-state index contributed by atoms with van der Waals surface area (Å²) in [5.74, 6) is 1.59. The van der Waals surface area contributed by atoms with Crippen molar-refractivity contribution in [2.24, 2.45) is 5.92 Å². The van der Waals surface area contributed by atoms with E-state index in [1.807, 2.05) is 0 Å². The van der Waals surface area contributed by atoms with Gasteiger partial charge in [-0.3, -0.25) is 10.1 Å². The summed E-state index contributed by atoms with van der Waals surface area (Å²) < 4.78 is 0. The summed E-state index contributed by atoms with van der Waals surface area (Å²) in [7, 11) is 0. The van der Waals surface area contributed by atoms with Gasteiger partial charge < -0.3 is 0 Å². The molecular weight excluding hydrogens is 236 g/mol. The average Bonchev–Trinajstić information content (AvgIpc) is 2.21. The molecule has 0 aliphatic heterocycles. The molecule has 17 heavy (non-hydrogen) atoms. The van der Waals surface area contributed by atoms with Gasteiger partial charge in [-0.25, -0.2) is 4.98 Å². The summed E-state index contributed by atoms with van der Waals surface area (Å²) in [6.45, 7) is 7.89. The molecule has 1 aromatic rings. The van der Waals surface area contributed by atoms with Crippen molar-refractivity contribution in [2.75, 3.05) is 5.75 Å². The van der Waals surface area contributed by atoms with Crippen molar-refractivity contribution in [1.82, 2.24) is 4.98 Å². The lowest BCUT2D eigenvalue weighted by molar-refractivity contribution is -0.385. The third kappa shape index (κ3) is 4.00. The second kappa shape index (κ2) is 6.00. The Hall–Kier alpha value is -1.10. The molecule has 0 aliphatic rings. The predicted octanol–water partition coefficient (Wildman–Crippen LogP) is 3.74. The van der Waals surface area contributed by atoms with E-state index in [1.165, 1.54) is 6.07 Å². The number of thioether (sulfide) groups is 1. The second-order valence-corrected chi connectivity index (χ2v) is 5.58. The molecule has 5 heteroatoms. The molecule has 0 amide bonds. The smallest absolute Gasteiger partial charge is 0.258 e. The summed E-state index contributed by atoms with van der Waals surface area (Å²) in [6.07, 6.45) is 1.09. The van der Waals surface area contributed by atoms with E-state index in [9.17, 15) is 10.1 Å². The van der Waals surface area contributed by atoms with Crippen molar-refractivity contribution in [3.63, 3.8) is 0 Å². The first-order valence-electron chi connectivity index (χ1n) is 5.67. The molecule has 94 valence electrons. The number of aromatic nitrogens is 1. The first kappa shape index (κ1) is 14.0. The van der Waals surface area contributed by atoms with Crippen LogP contribution in [-0.2, 0) is 0 Å². The zero-order valence-corrected chi connectivity index (χ0v) is 11.5. The number of rotatable bonds is 5. The van der Waals surface area contributed by atoms with Crippen LogP contribution in [0.3, 0.4) is 0 Å². The van der Waals surface area contributed by atoms with Crippen LogP contribution in [0, 0.1) is 29.9 Å². The van der Waals surface area contributed by atoms with Gasteiger partial charge in [0.15, 0.2) is 0 Å². The third-order valence-corrected chi connectivity index (χ3v) is 3.57. The third-order valence-electron chi connectivity index (χ3n) is 2.46. The zero-order valence-electron chi connectivity index (χ0n) is 10.7. The number of hydrogen-bond acceptors (Lipinski definition) is 4. The normalized spacial score (nSPS) is 10.9. The van der Waals surface area contributed by atoms with E-state index in [1.54, 1.807) is 25.6 Å². The maximum atomic E-state index is 10.9. The van der Waals surface area contributed by atoms with E-state index in [0.717, 1.165) is 17.2 Å². The molecule has 0 N–H and O–H groups in total. The average molecular weight is 254 g/mol. The van der Waals surface area contributed by atoms with Crippen LogP contribution in [0.4, 0.5) is 5.69 Å². The molecule has 1 aromatic heterocycles. The molecule has 0 radical (unpaired) electrons. The highest BCUT2D eigenvalue weighted by Gasteiger charge is 2.16. The first-order valence-corrected chi connectivity index (χ1v) is 6.65. The van der Waals surface area contributed by atoms with E-state index in [2.05, 4.69) is 18.8 Å². The fourth-order valence-electron chi connectivity index (χ4n) is 1.41. The first-order chi connectivity index (χ1) is 7.91. The Morgan fingerprint density at radius 3 is 2.65 bits per heavy atom. The largest absolute Gasteiger partial charge is 0.276 e. The number of aryl methyl sites for hydroxylation is 1. The molecule has 1 rings (SSSR count). The lowest BCUT2D eigenvalue weighted by atomic mass is 10.2. The Balaban J connectivity index is 2.88. The van der Waals surface area contributed by atoms with E-state index < -0.39 is 0 Å². The zero-order chi connectivity index (χ0) is 13.0.